The number of fused-ring (bicyclic) bond motifs is 2. The first kappa shape index (κ1) is 19.3. The van der Waals surface area contributed by atoms with E-state index in [1.165, 1.54) is 11.6 Å². The van der Waals surface area contributed by atoms with Crippen molar-refractivity contribution in [3.63, 3.8) is 0 Å². The van der Waals surface area contributed by atoms with Crippen molar-refractivity contribution in [1.29, 1.82) is 0 Å². The van der Waals surface area contributed by atoms with Gasteiger partial charge in [-0.1, -0.05) is 18.2 Å². The number of hydrogen-bond donors (Lipinski definition) is 3. The van der Waals surface area contributed by atoms with Gasteiger partial charge in [-0.15, -0.1) is 0 Å². The molecule has 0 aliphatic carbocycles. The summed E-state index contributed by atoms with van der Waals surface area (Å²) >= 11 is 0. The Balaban J connectivity index is 1.43. The fourth-order valence-electron chi connectivity index (χ4n) is 4.08. The molecule has 0 fully saturated rings. The number of aromatic nitrogens is 4. The van der Waals surface area contributed by atoms with E-state index < -0.39 is 0 Å². The zero-order chi connectivity index (χ0) is 21.5. The maximum absolute atomic E-state index is 13.4. The maximum atomic E-state index is 13.4. The van der Waals surface area contributed by atoms with Crippen molar-refractivity contribution in [1.82, 2.24) is 24.8 Å². The lowest BCUT2D eigenvalue weighted by Gasteiger charge is -2.17. The molecule has 0 amide bonds. The number of anilines is 1. The van der Waals surface area contributed by atoms with Gasteiger partial charge in [-0.2, -0.15) is 0 Å². The summed E-state index contributed by atoms with van der Waals surface area (Å²) in [5.41, 5.74) is 12.6. The third kappa shape index (κ3) is 3.87. The van der Waals surface area contributed by atoms with Gasteiger partial charge >= 0.3 is 0 Å². The van der Waals surface area contributed by atoms with Crippen molar-refractivity contribution in [3.8, 4) is 11.3 Å². The third-order valence-corrected chi connectivity index (χ3v) is 5.37. The summed E-state index contributed by atoms with van der Waals surface area (Å²) in [6.07, 6.45) is 0. The SMILES string of the molecule is Cc1nc2nc(N)cc(-c3cc4cc(CN(C)Cc5cccc(F)c5)ccc4[nH]3)c2[nH]1. The van der Waals surface area contributed by atoms with E-state index >= 15 is 0 Å². The highest BCUT2D eigenvalue weighted by molar-refractivity contribution is 5.95. The number of benzene rings is 2. The van der Waals surface area contributed by atoms with E-state index in [-0.39, 0.29) is 5.82 Å². The van der Waals surface area contributed by atoms with Crippen LogP contribution in [0.1, 0.15) is 17.0 Å². The van der Waals surface area contributed by atoms with Crippen LogP contribution >= 0.6 is 0 Å². The molecule has 0 atom stereocenters. The van der Waals surface area contributed by atoms with Crippen molar-refractivity contribution >= 4 is 27.9 Å². The lowest BCUT2D eigenvalue weighted by molar-refractivity contribution is 0.318. The summed E-state index contributed by atoms with van der Waals surface area (Å²) in [7, 11) is 2.04. The number of nitrogens with one attached hydrogen (secondary N) is 2. The second-order valence-electron chi connectivity index (χ2n) is 8.02. The quantitative estimate of drug-likeness (QED) is 0.387. The summed E-state index contributed by atoms with van der Waals surface area (Å²) in [5, 5.41) is 1.12. The third-order valence-electron chi connectivity index (χ3n) is 5.37. The Morgan fingerprint density at radius 1 is 0.968 bits per heavy atom. The van der Waals surface area contributed by atoms with Gasteiger partial charge in [0.1, 0.15) is 17.5 Å². The molecule has 31 heavy (non-hydrogen) atoms. The van der Waals surface area contributed by atoms with Gasteiger partial charge < -0.3 is 15.7 Å². The number of halogens is 1. The predicted octanol–water partition coefficient (Wildman–Crippen LogP) is 4.77. The van der Waals surface area contributed by atoms with Crippen LogP contribution in [-0.2, 0) is 13.1 Å². The minimum absolute atomic E-state index is 0.203. The van der Waals surface area contributed by atoms with Crippen LogP contribution in [0.5, 0.6) is 0 Å². The van der Waals surface area contributed by atoms with E-state index in [2.05, 4.69) is 49.1 Å². The van der Waals surface area contributed by atoms with Gasteiger partial charge in [0, 0.05) is 35.2 Å². The van der Waals surface area contributed by atoms with Gasteiger partial charge in [0.25, 0.3) is 0 Å². The number of hydrogen-bond acceptors (Lipinski definition) is 4. The number of aryl methyl sites for hydroxylation is 1. The second-order valence-corrected chi connectivity index (χ2v) is 8.02. The second kappa shape index (κ2) is 7.52. The first-order valence-electron chi connectivity index (χ1n) is 10.1. The number of nitrogens with zero attached hydrogens (tertiary/aromatic N) is 3. The molecule has 0 radical (unpaired) electrons. The molecule has 0 aliphatic heterocycles. The highest BCUT2D eigenvalue weighted by Gasteiger charge is 2.13. The van der Waals surface area contributed by atoms with Crippen LogP contribution < -0.4 is 5.73 Å². The molecule has 0 aliphatic rings. The lowest BCUT2D eigenvalue weighted by Crippen LogP contribution is -2.17. The van der Waals surface area contributed by atoms with E-state index in [0.717, 1.165) is 45.6 Å². The number of pyridine rings is 1. The molecular formula is C24H23FN6. The number of nitrogen functional groups attached to an aromatic ring is 1. The van der Waals surface area contributed by atoms with Crippen molar-refractivity contribution in [3.05, 3.63) is 77.4 Å². The Kier molecular flexibility index (Phi) is 4.67. The minimum Gasteiger partial charge on any atom is -0.384 e. The van der Waals surface area contributed by atoms with Crippen molar-refractivity contribution in [2.24, 2.45) is 0 Å². The molecule has 7 heteroatoms. The number of aromatic amines is 2. The van der Waals surface area contributed by atoms with Crippen molar-refractivity contribution < 1.29 is 4.39 Å². The Bertz CT molecular complexity index is 1400. The van der Waals surface area contributed by atoms with Gasteiger partial charge in [0.05, 0.1) is 5.52 Å². The number of rotatable bonds is 5. The van der Waals surface area contributed by atoms with Crippen LogP contribution in [0.3, 0.4) is 0 Å². The Hall–Kier alpha value is -3.71. The summed E-state index contributed by atoms with van der Waals surface area (Å²) < 4.78 is 13.4. The summed E-state index contributed by atoms with van der Waals surface area (Å²) in [5.74, 6) is 1.03. The molecule has 0 saturated heterocycles. The van der Waals surface area contributed by atoms with E-state index in [1.54, 1.807) is 12.1 Å². The Morgan fingerprint density at radius 2 is 1.77 bits per heavy atom. The summed E-state index contributed by atoms with van der Waals surface area (Å²) in [4.78, 5) is 17.7. The zero-order valence-electron chi connectivity index (χ0n) is 17.4. The Morgan fingerprint density at radius 3 is 2.58 bits per heavy atom. The zero-order valence-corrected chi connectivity index (χ0v) is 17.4. The molecule has 0 saturated carbocycles. The molecule has 0 spiro atoms. The van der Waals surface area contributed by atoms with Gasteiger partial charge in [-0.3, -0.25) is 4.90 Å². The van der Waals surface area contributed by atoms with E-state index in [0.29, 0.717) is 18.0 Å². The topological polar surface area (TPSA) is 86.6 Å². The molecule has 5 aromatic rings. The van der Waals surface area contributed by atoms with Crippen LogP contribution in [-0.4, -0.2) is 31.9 Å². The lowest BCUT2D eigenvalue weighted by atomic mass is 10.1. The highest BCUT2D eigenvalue weighted by Crippen LogP contribution is 2.30. The average molecular weight is 414 g/mol. The molecule has 5 rings (SSSR count). The largest absolute Gasteiger partial charge is 0.384 e. The monoisotopic (exact) mass is 414 g/mol. The van der Waals surface area contributed by atoms with Gasteiger partial charge in [-0.05, 0) is 61.5 Å². The van der Waals surface area contributed by atoms with Gasteiger partial charge in [0.15, 0.2) is 5.65 Å². The maximum Gasteiger partial charge on any atom is 0.180 e. The molecule has 3 aromatic heterocycles. The Labute approximate surface area is 178 Å². The van der Waals surface area contributed by atoms with Crippen LogP contribution in [0.25, 0.3) is 33.3 Å². The smallest absolute Gasteiger partial charge is 0.180 e. The fraction of sp³-hybridized carbons (Fsp3) is 0.167. The number of imidazole rings is 1. The van der Waals surface area contributed by atoms with Crippen LogP contribution in [0.15, 0.2) is 54.6 Å². The molecule has 156 valence electrons. The first-order chi connectivity index (χ1) is 14.9. The molecule has 4 N–H and O–H groups in total. The van der Waals surface area contributed by atoms with E-state index in [9.17, 15) is 4.39 Å². The summed E-state index contributed by atoms with van der Waals surface area (Å²) in [6.45, 7) is 3.35. The highest BCUT2D eigenvalue weighted by atomic mass is 19.1. The van der Waals surface area contributed by atoms with Gasteiger partial charge in [0.2, 0.25) is 0 Å². The fourth-order valence-corrected chi connectivity index (χ4v) is 4.08. The summed E-state index contributed by atoms with van der Waals surface area (Å²) in [6, 6.07) is 17.1. The number of nitrogens with two attached hydrogens (primary N) is 1. The number of H-pyrrole nitrogens is 2. The van der Waals surface area contributed by atoms with E-state index in [4.69, 9.17) is 5.73 Å². The molecule has 0 bridgehead atoms. The van der Waals surface area contributed by atoms with Crippen LogP contribution in [0, 0.1) is 12.7 Å². The predicted molar refractivity (Wildman–Crippen MR) is 122 cm³/mol. The van der Waals surface area contributed by atoms with Gasteiger partial charge in [-0.25, -0.2) is 14.4 Å². The molecule has 0 unspecified atom stereocenters. The van der Waals surface area contributed by atoms with E-state index in [1.807, 2.05) is 26.1 Å². The van der Waals surface area contributed by atoms with Crippen LogP contribution in [0.2, 0.25) is 0 Å². The van der Waals surface area contributed by atoms with Crippen LogP contribution in [0.4, 0.5) is 10.2 Å². The van der Waals surface area contributed by atoms with Crippen molar-refractivity contribution in [2.45, 2.75) is 20.0 Å². The molecule has 6 nitrogen and oxygen atoms in total. The normalized spacial score (nSPS) is 11.7. The average Bonchev–Trinajstić information content (AvgIpc) is 3.29. The molecule has 3 heterocycles. The minimum atomic E-state index is -0.203. The molecular weight excluding hydrogens is 391 g/mol. The first-order valence-corrected chi connectivity index (χ1v) is 10.1. The molecule has 2 aromatic carbocycles. The standard InChI is InChI=1S/C24H23FN6/c1-14-27-23-19(11-22(26)30-24(23)28-14)21-10-17-8-16(6-7-20(17)29-21)13-31(2)12-15-4-3-5-18(25)9-15/h3-11,29H,12-13H2,1-2H3,(H3,26,27,28,30). The van der Waals surface area contributed by atoms with Crippen molar-refractivity contribution in [2.75, 3.05) is 12.8 Å².